The lowest BCUT2D eigenvalue weighted by Gasteiger charge is -2.21. The average Bonchev–Trinajstić information content (AvgIpc) is 2.86. The van der Waals surface area contributed by atoms with Gasteiger partial charge in [-0.15, -0.1) is 0 Å². The van der Waals surface area contributed by atoms with Gasteiger partial charge in [-0.25, -0.2) is 4.79 Å². The summed E-state index contributed by atoms with van der Waals surface area (Å²) in [6, 6.07) is 8.68. The molecule has 7 nitrogen and oxygen atoms in total. The van der Waals surface area contributed by atoms with Crippen molar-refractivity contribution < 1.29 is 14.7 Å². The molecule has 1 heterocycles. The minimum absolute atomic E-state index is 0.0192. The molecule has 20 heavy (non-hydrogen) atoms. The number of amides is 1. The summed E-state index contributed by atoms with van der Waals surface area (Å²) in [5, 5.41) is 8.76. The van der Waals surface area contributed by atoms with Crippen molar-refractivity contribution in [3.8, 4) is 0 Å². The van der Waals surface area contributed by atoms with E-state index < -0.39 is 17.6 Å². The predicted molar refractivity (Wildman–Crippen MR) is 71.8 cm³/mol. The summed E-state index contributed by atoms with van der Waals surface area (Å²) in [7, 11) is 0. The summed E-state index contributed by atoms with van der Waals surface area (Å²) in [4.78, 5) is 40.1. The van der Waals surface area contributed by atoms with E-state index in [9.17, 15) is 14.4 Å². The van der Waals surface area contributed by atoms with Gasteiger partial charge in [-0.2, -0.15) is 0 Å². The first-order chi connectivity index (χ1) is 9.58. The molecule has 1 amide bonds. The number of aromatic nitrogens is 2. The first-order valence-corrected chi connectivity index (χ1v) is 5.94. The van der Waals surface area contributed by atoms with E-state index in [0.717, 1.165) is 0 Å². The fraction of sp³-hybridized carbons (Fsp3) is 0.154. The van der Waals surface area contributed by atoms with Crippen LogP contribution in [0.1, 0.15) is 16.9 Å². The van der Waals surface area contributed by atoms with Gasteiger partial charge in [0.25, 0.3) is 5.91 Å². The number of carboxylic acid groups (broad SMARTS) is 1. The van der Waals surface area contributed by atoms with Crippen molar-refractivity contribution in [2.75, 3.05) is 11.4 Å². The van der Waals surface area contributed by atoms with Crippen molar-refractivity contribution in [1.82, 2.24) is 9.97 Å². The number of hydrogen-bond donors (Lipinski definition) is 3. The maximum Gasteiger partial charge on any atom is 0.323 e. The third kappa shape index (κ3) is 3.14. The molecule has 0 aliphatic carbocycles. The molecule has 1 aromatic heterocycles. The molecule has 0 radical (unpaired) electrons. The highest BCUT2D eigenvalue weighted by molar-refractivity contribution is 6.04. The fourth-order valence-electron chi connectivity index (χ4n) is 1.76. The zero-order valence-electron chi connectivity index (χ0n) is 10.5. The number of rotatable bonds is 5. The summed E-state index contributed by atoms with van der Waals surface area (Å²) in [5.41, 5.74) is 0.171. The Kier molecular flexibility index (Phi) is 3.99. The van der Waals surface area contributed by atoms with Crippen LogP contribution in [0.5, 0.6) is 0 Å². The number of H-pyrrole nitrogens is 2. The summed E-state index contributed by atoms with van der Waals surface area (Å²) < 4.78 is 0. The summed E-state index contributed by atoms with van der Waals surface area (Å²) in [5.74, 6) is -1.46. The van der Waals surface area contributed by atoms with Gasteiger partial charge in [-0.3, -0.25) is 9.59 Å². The monoisotopic (exact) mass is 275 g/mol. The second-order valence-corrected chi connectivity index (χ2v) is 4.09. The minimum Gasteiger partial charge on any atom is -0.481 e. The highest BCUT2D eigenvalue weighted by Crippen LogP contribution is 2.16. The van der Waals surface area contributed by atoms with E-state index in [1.54, 1.807) is 30.3 Å². The van der Waals surface area contributed by atoms with Crippen LogP contribution >= 0.6 is 0 Å². The van der Waals surface area contributed by atoms with Crippen LogP contribution < -0.4 is 10.6 Å². The van der Waals surface area contributed by atoms with Crippen molar-refractivity contribution in [1.29, 1.82) is 0 Å². The number of carboxylic acids is 1. The first-order valence-electron chi connectivity index (χ1n) is 5.94. The van der Waals surface area contributed by atoms with Crippen molar-refractivity contribution in [3.63, 3.8) is 0 Å². The van der Waals surface area contributed by atoms with Crippen LogP contribution in [-0.4, -0.2) is 33.5 Å². The Morgan fingerprint density at radius 2 is 1.90 bits per heavy atom. The van der Waals surface area contributed by atoms with Gasteiger partial charge in [0.05, 0.1) is 6.42 Å². The third-order valence-corrected chi connectivity index (χ3v) is 2.69. The Labute approximate surface area is 113 Å². The van der Waals surface area contributed by atoms with Gasteiger partial charge in [0, 0.05) is 18.4 Å². The quantitative estimate of drug-likeness (QED) is 0.751. The Morgan fingerprint density at radius 3 is 2.45 bits per heavy atom. The molecular weight excluding hydrogens is 262 g/mol. The number of hydrogen-bond acceptors (Lipinski definition) is 3. The SMILES string of the molecule is O=C(O)CCN(C(=O)c1c[nH]c(=O)[nH]1)c1ccccc1. The predicted octanol–water partition coefficient (Wildman–Crippen LogP) is 0.824. The molecule has 0 saturated heterocycles. The second kappa shape index (κ2) is 5.87. The van der Waals surface area contributed by atoms with Crippen LogP contribution in [0.4, 0.5) is 5.69 Å². The smallest absolute Gasteiger partial charge is 0.323 e. The maximum absolute atomic E-state index is 12.3. The summed E-state index contributed by atoms with van der Waals surface area (Å²) >= 11 is 0. The molecule has 0 saturated carbocycles. The van der Waals surface area contributed by atoms with Crippen LogP contribution in [0.15, 0.2) is 41.3 Å². The van der Waals surface area contributed by atoms with Crippen LogP contribution in [-0.2, 0) is 4.79 Å². The second-order valence-electron chi connectivity index (χ2n) is 4.09. The number of carbonyl (C=O) groups is 2. The Balaban J connectivity index is 2.28. The molecule has 0 aliphatic heterocycles. The van der Waals surface area contributed by atoms with Gasteiger partial charge in [-0.1, -0.05) is 18.2 Å². The highest BCUT2D eigenvalue weighted by Gasteiger charge is 2.19. The van der Waals surface area contributed by atoms with E-state index in [1.807, 2.05) is 0 Å². The maximum atomic E-state index is 12.3. The van der Waals surface area contributed by atoms with E-state index in [2.05, 4.69) is 9.97 Å². The molecule has 0 aliphatic rings. The molecular formula is C13H13N3O4. The highest BCUT2D eigenvalue weighted by atomic mass is 16.4. The van der Waals surface area contributed by atoms with Crippen LogP contribution in [0.2, 0.25) is 0 Å². The number of anilines is 1. The van der Waals surface area contributed by atoms with Crippen molar-refractivity contribution in [3.05, 3.63) is 52.7 Å². The van der Waals surface area contributed by atoms with Crippen LogP contribution in [0.25, 0.3) is 0 Å². The normalized spacial score (nSPS) is 10.2. The van der Waals surface area contributed by atoms with E-state index in [4.69, 9.17) is 5.11 Å². The lowest BCUT2D eigenvalue weighted by Crippen LogP contribution is -2.33. The largest absolute Gasteiger partial charge is 0.481 e. The number of carbonyl (C=O) groups excluding carboxylic acids is 1. The fourth-order valence-corrected chi connectivity index (χ4v) is 1.76. The van der Waals surface area contributed by atoms with E-state index in [0.29, 0.717) is 5.69 Å². The minimum atomic E-state index is -0.999. The molecule has 0 bridgehead atoms. The summed E-state index contributed by atoms with van der Waals surface area (Å²) in [6.45, 7) is 0.0192. The van der Waals surface area contributed by atoms with Crippen molar-refractivity contribution in [2.45, 2.75) is 6.42 Å². The third-order valence-electron chi connectivity index (χ3n) is 2.69. The molecule has 0 atom stereocenters. The standard InChI is InChI=1S/C13H13N3O4/c17-11(18)6-7-16(9-4-2-1-3-5-9)12(19)10-8-14-13(20)15-10/h1-5,8H,6-7H2,(H,17,18)(H2,14,15,20). The Bertz CT molecular complexity index is 660. The lowest BCUT2D eigenvalue weighted by atomic mass is 10.2. The average molecular weight is 275 g/mol. The number of imidazole rings is 1. The number of nitrogens with one attached hydrogen (secondary N) is 2. The molecule has 0 fully saturated rings. The molecule has 7 heteroatoms. The molecule has 0 spiro atoms. The zero-order valence-corrected chi connectivity index (χ0v) is 10.5. The van der Waals surface area contributed by atoms with Gasteiger partial charge in [0.15, 0.2) is 0 Å². The number of benzene rings is 1. The number of para-hydroxylation sites is 1. The molecule has 104 valence electrons. The molecule has 0 unspecified atom stereocenters. The lowest BCUT2D eigenvalue weighted by molar-refractivity contribution is -0.136. The van der Waals surface area contributed by atoms with Gasteiger partial charge in [-0.05, 0) is 12.1 Å². The molecule has 2 aromatic rings. The summed E-state index contributed by atoms with van der Waals surface area (Å²) in [6.07, 6.45) is 1.08. The molecule has 1 aromatic carbocycles. The Hall–Kier alpha value is -2.83. The Morgan fingerprint density at radius 1 is 1.20 bits per heavy atom. The topological polar surface area (TPSA) is 106 Å². The first kappa shape index (κ1) is 13.6. The van der Waals surface area contributed by atoms with Crippen LogP contribution in [0, 0.1) is 0 Å². The van der Waals surface area contributed by atoms with Gasteiger partial charge < -0.3 is 20.0 Å². The number of aliphatic carboxylic acids is 1. The van der Waals surface area contributed by atoms with Crippen molar-refractivity contribution >= 4 is 17.6 Å². The van der Waals surface area contributed by atoms with Crippen molar-refractivity contribution in [2.24, 2.45) is 0 Å². The van der Waals surface area contributed by atoms with E-state index in [-0.39, 0.29) is 18.7 Å². The van der Waals surface area contributed by atoms with E-state index >= 15 is 0 Å². The zero-order chi connectivity index (χ0) is 14.5. The molecule has 3 N–H and O–H groups in total. The van der Waals surface area contributed by atoms with E-state index in [1.165, 1.54) is 11.1 Å². The van der Waals surface area contributed by atoms with Gasteiger partial charge in [0.2, 0.25) is 0 Å². The number of aromatic amines is 2. The van der Waals surface area contributed by atoms with Gasteiger partial charge >= 0.3 is 11.7 Å². The molecule has 2 rings (SSSR count). The number of nitrogens with zero attached hydrogens (tertiary/aromatic N) is 1. The van der Waals surface area contributed by atoms with Gasteiger partial charge in [0.1, 0.15) is 5.69 Å². The van der Waals surface area contributed by atoms with Crippen LogP contribution in [0.3, 0.4) is 0 Å².